The minimum atomic E-state index is -0.606. The number of hydrogen-bond acceptors (Lipinski definition) is 6. The molecule has 199 valence electrons. The maximum absolute atomic E-state index is 13.7. The summed E-state index contributed by atoms with van der Waals surface area (Å²) in [4.78, 5) is 45.3. The second kappa shape index (κ2) is 13.3. The fourth-order valence-corrected chi connectivity index (χ4v) is 4.35. The van der Waals surface area contributed by atoms with Gasteiger partial charge in [-0.1, -0.05) is 87.8 Å². The number of carbonyl (C=O) groups excluding carboxylic acids is 1. The van der Waals surface area contributed by atoms with Crippen molar-refractivity contribution in [2.75, 3.05) is 0 Å². The molecule has 0 spiro atoms. The van der Waals surface area contributed by atoms with Gasteiger partial charge in [-0.25, -0.2) is 9.78 Å². The molecule has 0 aliphatic rings. The summed E-state index contributed by atoms with van der Waals surface area (Å²) >= 11 is 0. The molecule has 0 atom stereocenters. The Labute approximate surface area is 270 Å². The summed E-state index contributed by atoms with van der Waals surface area (Å²) in [7, 11) is 0. The van der Waals surface area contributed by atoms with E-state index in [1.54, 1.807) is 6.92 Å². The first-order chi connectivity index (χ1) is 18.1. The number of H-pyrrole nitrogens is 1. The number of benzene rings is 2. The van der Waals surface area contributed by atoms with E-state index in [1.807, 2.05) is 69.3 Å². The van der Waals surface area contributed by atoms with Crippen molar-refractivity contribution in [1.82, 2.24) is 19.7 Å². The summed E-state index contributed by atoms with van der Waals surface area (Å²) in [6, 6.07) is 15.6. The largest absolute Gasteiger partial charge is 0.439 e. The van der Waals surface area contributed by atoms with Gasteiger partial charge in [-0.05, 0) is 36.5 Å². The first-order valence-electron chi connectivity index (χ1n) is 13.0. The molecule has 0 saturated heterocycles. The molecule has 2 aromatic carbocycles. The van der Waals surface area contributed by atoms with Crippen molar-refractivity contribution in [3.8, 4) is 22.5 Å². The van der Waals surface area contributed by atoms with Gasteiger partial charge in [-0.3, -0.25) is 23.7 Å². The van der Waals surface area contributed by atoms with Crippen molar-refractivity contribution in [2.24, 2.45) is 5.41 Å². The fourth-order valence-electron chi connectivity index (χ4n) is 4.35. The molecule has 2 heterocycles. The number of nitrogens with zero attached hydrogens (tertiary/aromatic N) is 3. The second-order valence-corrected chi connectivity index (χ2v) is 10.6. The molecule has 1 radical (unpaired) electrons. The Morgan fingerprint density at radius 2 is 1.69 bits per heavy atom. The number of hydrogen-bond donors (Lipinski definition) is 1. The average molecular weight is 554 g/mol. The third-order valence-electron chi connectivity index (χ3n) is 6.71. The Morgan fingerprint density at radius 3 is 2.28 bits per heavy atom. The Bertz CT molecular complexity index is 1560. The summed E-state index contributed by atoms with van der Waals surface area (Å²) in [5.41, 5.74) is 4.31. The number of carbonyl (C=O) groups is 1. The summed E-state index contributed by atoms with van der Waals surface area (Å²) in [5, 5.41) is 3.83. The van der Waals surface area contributed by atoms with E-state index in [1.165, 1.54) is 4.57 Å². The monoisotopic (exact) mass is 553 g/mol. The zero-order chi connectivity index (χ0) is 27.4. The van der Waals surface area contributed by atoms with Crippen molar-refractivity contribution in [3.05, 3.63) is 92.1 Å². The average Bonchev–Trinajstić information content (AvgIpc) is 3.33. The molecule has 0 saturated carbocycles. The zero-order valence-electron chi connectivity index (χ0n) is 23.6. The topological polar surface area (TPSA) is 111 Å². The van der Waals surface area contributed by atoms with E-state index >= 15 is 0 Å². The molecule has 39 heavy (non-hydrogen) atoms. The van der Waals surface area contributed by atoms with Crippen LogP contribution in [0.3, 0.4) is 0 Å². The quantitative estimate of drug-likeness (QED) is 0.300. The molecule has 0 bridgehead atoms. The predicted molar refractivity (Wildman–Crippen MR) is 153 cm³/mol. The van der Waals surface area contributed by atoms with Crippen molar-refractivity contribution < 1.29 is 9.32 Å². The van der Waals surface area contributed by atoms with Gasteiger partial charge in [0.2, 0.25) is 0 Å². The van der Waals surface area contributed by atoms with Gasteiger partial charge in [0.15, 0.2) is 11.6 Å². The van der Waals surface area contributed by atoms with E-state index in [9.17, 15) is 14.4 Å². The SMILES string of the molecule is CCCCc1nc(C)n(CC(=O)C(C)(C)C)c(=O)c1Cc1ccc(-c2ccccc2-c2noc(=O)[nH]2)cc1.[K]. The van der Waals surface area contributed by atoms with Gasteiger partial charge in [0.25, 0.3) is 5.56 Å². The molecule has 9 heteroatoms. The van der Waals surface area contributed by atoms with E-state index < -0.39 is 11.2 Å². The number of ketones is 1. The molecule has 0 unspecified atom stereocenters. The summed E-state index contributed by atoms with van der Waals surface area (Å²) in [5.74, 6) is 0.324. The van der Waals surface area contributed by atoms with Crippen LogP contribution in [0.1, 0.15) is 63.2 Å². The van der Waals surface area contributed by atoms with Crippen LogP contribution in [-0.2, 0) is 24.2 Å². The van der Waals surface area contributed by atoms with Crippen LogP contribution in [0, 0.1) is 12.3 Å². The van der Waals surface area contributed by atoms with E-state index in [0.717, 1.165) is 47.2 Å². The van der Waals surface area contributed by atoms with Crippen molar-refractivity contribution >= 4 is 57.2 Å². The molecule has 0 aliphatic carbocycles. The first-order valence-corrected chi connectivity index (χ1v) is 13.0. The molecule has 1 N–H and O–H groups in total. The fraction of sp³-hybridized carbons (Fsp3) is 0.367. The van der Waals surface area contributed by atoms with Gasteiger partial charge in [-0.2, -0.15) is 0 Å². The zero-order valence-corrected chi connectivity index (χ0v) is 26.8. The second-order valence-electron chi connectivity index (χ2n) is 10.6. The van der Waals surface area contributed by atoms with Gasteiger partial charge >= 0.3 is 5.76 Å². The normalized spacial score (nSPS) is 11.3. The molecule has 8 nitrogen and oxygen atoms in total. The standard InChI is InChI=1S/C30H34N4O4.K/c1-6-7-12-25-24(28(36)34(19(2)31-25)18-26(35)30(3,4)5)17-20-13-15-21(16-14-20)22-10-8-9-11-23(22)27-32-29(37)38-33-27;/h8-11,13-16H,6-7,12,17-18H2,1-5H3,(H,32,33,37);. The van der Waals surface area contributed by atoms with E-state index in [4.69, 9.17) is 4.98 Å². The third-order valence-corrected chi connectivity index (χ3v) is 6.71. The van der Waals surface area contributed by atoms with Crippen LogP contribution in [0.4, 0.5) is 0 Å². The summed E-state index contributed by atoms with van der Waals surface area (Å²) < 4.78 is 6.20. The predicted octanol–water partition coefficient (Wildman–Crippen LogP) is 4.73. The maximum atomic E-state index is 13.7. The number of rotatable bonds is 9. The minimum Gasteiger partial charge on any atom is -0.297 e. The first kappa shape index (κ1) is 31.1. The number of aromatic amines is 1. The van der Waals surface area contributed by atoms with Crippen LogP contribution < -0.4 is 11.3 Å². The van der Waals surface area contributed by atoms with Crippen LogP contribution in [-0.4, -0.2) is 76.9 Å². The van der Waals surface area contributed by atoms with Gasteiger partial charge in [0.1, 0.15) is 5.82 Å². The van der Waals surface area contributed by atoms with Gasteiger partial charge in [0, 0.05) is 74.3 Å². The van der Waals surface area contributed by atoms with Crippen molar-refractivity contribution in [1.29, 1.82) is 0 Å². The van der Waals surface area contributed by atoms with Crippen molar-refractivity contribution in [2.45, 2.75) is 66.8 Å². The molecule has 0 amide bonds. The molecule has 0 fully saturated rings. The molecule has 4 aromatic rings. The Morgan fingerprint density at radius 1 is 1.03 bits per heavy atom. The summed E-state index contributed by atoms with van der Waals surface area (Å²) in [6.45, 7) is 9.51. The van der Waals surface area contributed by atoms with Gasteiger partial charge in [-0.15, -0.1) is 0 Å². The van der Waals surface area contributed by atoms with Gasteiger partial charge in [0.05, 0.1) is 12.2 Å². The number of aromatic nitrogens is 4. The Kier molecular flexibility index (Phi) is 10.6. The minimum absolute atomic E-state index is 0. The molecule has 0 aliphatic heterocycles. The van der Waals surface area contributed by atoms with Crippen LogP contribution in [0.2, 0.25) is 0 Å². The number of nitrogens with one attached hydrogen (secondary N) is 1. The number of aryl methyl sites for hydroxylation is 2. The van der Waals surface area contributed by atoms with E-state index in [0.29, 0.717) is 23.6 Å². The molecule has 2 aromatic heterocycles. The molecule has 4 rings (SSSR count). The van der Waals surface area contributed by atoms with Crippen molar-refractivity contribution in [3.63, 3.8) is 0 Å². The Hall–Kier alpha value is -2.43. The summed E-state index contributed by atoms with van der Waals surface area (Å²) in [6.07, 6.45) is 3.07. The van der Waals surface area contributed by atoms with Crippen LogP contribution in [0.5, 0.6) is 0 Å². The van der Waals surface area contributed by atoms with E-state index in [-0.39, 0.29) is 69.3 Å². The van der Waals surface area contributed by atoms with Gasteiger partial charge < -0.3 is 0 Å². The van der Waals surface area contributed by atoms with Crippen LogP contribution in [0.15, 0.2) is 62.6 Å². The maximum Gasteiger partial charge on any atom is 0.439 e. The molecular formula is C30H34KN4O4. The van der Waals surface area contributed by atoms with Crippen LogP contribution in [0.25, 0.3) is 22.5 Å². The smallest absolute Gasteiger partial charge is 0.297 e. The van der Waals surface area contributed by atoms with E-state index in [2.05, 4.69) is 21.6 Å². The van der Waals surface area contributed by atoms with Crippen LogP contribution >= 0.6 is 0 Å². The number of Topliss-reactive ketones (excluding diaryl/α,β-unsaturated/α-hetero) is 1. The molecular weight excluding hydrogens is 519 g/mol. The third kappa shape index (κ3) is 7.40. The number of unbranched alkanes of at least 4 members (excludes halogenated alkanes) is 1. The Balaban J connectivity index is 0.00000420.